The number of nitro benzene ring substituents is 1. The monoisotopic (exact) mass is 611 g/mol. The van der Waals surface area contributed by atoms with Crippen molar-refractivity contribution in [2.75, 3.05) is 11.5 Å². The molecule has 6 rings (SSSR count). The van der Waals surface area contributed by atoms with Crippen LogP contribution in [0.4, 0.5) is 11.4 Å². The average molecular weight is 612 g/mol. The van der Waals surface area contributed by atoms with Gasteiger partial charge >= 0.3 is 5.97 Å². The van der Waals surface area contributed by atoms with Crippen LogP contribution in [0.3, 0.4) is 0 Å². The van der Waals surface area contributed by atoms with E-state index in [4.69, 9.17) is 16.3 Å². The average Bonchev–Trinajstić information content (AvgIpc) is 3.27. The van der Waals surface area contributed by atoms with E-state index < -0.39 is 23.3 Å². The van der Waals surface area contributed by atoms with E-state index in [2.05, 4.69) is 11.9 Å². The Bertz CT molecular complexity index is 1840. The number of para-hydroxylation sites is 1. The Hall–Kier alpha value is -4.96. The first-order valence-corrected chi connectivity index (χ1v) is 14.5. The zero-order valence-corrected chi connectivity index (χ0v) is 24.3. The minimum absolute atomic E-state index is 0.135. The van der Waals surface area contributed by atoms with Crippen LogP contribution < -0.4 is 4.90 Å². The van der Waals surface area contributed by atoms with Gasteiger partial charge in [0, 0.05) is 28.6 Å². The number of carbonyl (C=O) groups is 4. The van der Waals surface area contributed by atoms with Crippen LogP contribution in [-0.4, -0.2) is 40.1 Å². The third kappa shape index (κ3) is 5.33. The maximum atomic E-state index is 13.3. The predicted octanol–water partition coefficient (Wildman–Crippen LogP) is 6.43. The van der Waals surface area contributed by atoms with E-state index in [9.17, 15) is 29.3 Å². The van der Waals surface area contributed by atoms with E-state index in [0.29, 0.717) is 51.6 Å². The Morgan fingerprint density at radius 1 is 1.00 bits per heavy atom. The summed E-state index contributed by atoms with van der Waals surface area (Å²) in [6.45, 7) is 1.53. The molecule has 44 heavy (non-hydrogen) atoms. The third-order valence-electron chi connectivity index (χ3n) is 8.35. The van der Waals surface area contributed by atoms with E-state index in [1.165, 1.54) is 35.2 Å². The molecule has 1 aliphatic heterocycles. The van der Waals surface area contributed by atoms with Crippen LogP contribution in [0.5, 0.6) is 0 Å². The molecule has 1 saturated carbocycles. The molecule has 3 aromatic carbocycles. The molecule has 2 fully saturated rings. The van der Waals surface area contributed by atoms with Gasteiger partial charge in [-0.15, -0.1) is 0 Å². The number of aromatic nitrogens is 1. The summed E-state index contributed by atoms with van der Waals surface area (Å²) >= 11 is 6.45. The highest BCUT2D eigenvalue weighted by atomic mass is 35.5. The minimum Gasteiger partial charge on any atom is -0.454 e. The van der Waals surface area contributed by atoms with E-state index in [1.807, 2.05) is 0 Å². The van der Waals surface area contributed by atoms with Crippen LogP contribution in [0.15, 0.2) is 72.8 Å². The molecule has 1 aliphatic carbocycles. The van der Waals surface area contributed by atoms with E-state index in [1.54, 1.807) is 42.5 Å². The van der Waals surface area contributed by atoms with Crippen LogP contribution >= 0.6 is 11.6 Å². The number of halogens is 1. The Morgan fingerprint density at radius 3 is 2.41 bits per heavy atom. The summed E-state index contributed by atoms with van der Waals surface area (Å²) in [5, 5.41) is 11.6. The molecular weight excluding hydrogens is 586 g/mol. The lowest BCUT2D eigenvalue weighted by Crippen LogP contribution is -2.30. The number of fused-ring (bicyclic) bond motifs is 2. The number of ketones is 1. The maximum Gasteiger partial charge on any atom is 0.339 e. The normalized spacial score (nSPS) is 19.6. The zero-order chi connectivity index (χ0) is 31.1. The number of nitro groups is 1. The fourth-order valence-electron chi connectivity index (χ4n) is 6.02. The van der Waals surface area contributed by atoms with Crippen LogP contribution in [0.25, 0.3) is 22.2 Å². The first-order valence-electron chi connectivity index (χ1n) is 14.1. The van der Waals surface area contributed by atoms with Crippen molar-refractivity contribution in [3.05, 3.63) is 99.1 Å². The summed E-state index contributed by atoms with van der Waals surface area (Å²) in [5.41, 5.74) is 1.97. The van der Waals surface area contributed by atoms with E-state index in [0.717, 1.165) is 6.42 Å². The fourth-order valence-corrected chi connectivity index (χ4v) is 6.23. The molecule has 0 bridgehead atoms. The van der Waals surface area contributed by atoms with Crippen LogP contribution in [-0.2, 0) is 14.3 Å². The van der Waals surface area contributed by atoms with Gasteiger partial charge < -0.3 is 4.74 Å². The zero-order valence-electron chi connectivity index (χ0n) is 23.6. The predicted molar refractivity (Wildman–Crippen MR) is 162 cm³/mol. The number of Topliss-reactive ketones (excluding diaryl/α,β-unsaturated/α-hetero) is 1. The van der Waals surface area contributed by atoms with Crippen molar-refractivity contribution in [2.45, 2.75) is 26.2 Å². The van der Waals surface area contributed by atoms with Gasteiger partial charge in [-0.3, -0.25) is 29.4 Å². The number of esters is 1. The molecule has 2 aliphatic rings. The van der Waals surface area contributed by atoms with Crippen LogP contribution in [0, 0.1) is 27.9 Å². The number of nitrogens with zero attached hydrogens (tertiary/aromatic N) is 3. The van der Waals surface area contributed by atoms with Gasteiger partial charge in [-0.2, -0.15) is 0 Å². The van der Waals surface area contributed by atoms with Crippen molar-refractivity contribution in [3.8, 4) is 11.3 Å². The molecule has 0 radical (unpaired) electrons. The molecule has 2 heterocycles. The molecule has 2 amide bonds. The summed E-state index contributed by atoms with van der Waals surface area (Å²) in [5.74, 6) is -1.78. The first kappa shape index (κ1) is 29.1. The number of ether oxygens (including phenoxy) is 1. The van der Waals surface area contributed by atoms with Crippen molar-refractivity contribution >= 4 is 57.4 Å². The lowest BCUT2D eigenvalue weighted by molar-refractivity contribution is -0.384. The second kappa shape index (κ2) is 11.6. The Balaban J connectivity index is 1.26. The van der Waals surface area contributed by atoms with Crippen LogP contribution in [0.1, 0.15) is 46.9 Å². The number of non-ortho nitro benzene ring substituents is 1. The lowest BCUT2D eigenvalue weighted by atomic mass is 9.76. The standard InChI is InChI=1S/C33H26ClN3O7/c1-18-5-14-24-25(15-18)32(40)36(31(24)39)21-10-6-19(7-11-21)28-16-26(23-3-2-4-27(34)30(23)35-28)33(41)44-17-29(38)20-8-12-22(13-9-20)37(42)43/h2-4,6-13,16,18,24-25H,5,14-15,17H2,1H3. The van der Waals surface area contributed by atoms with E-state index in [-0.39, 0.29) is 40.5 Å². The fraction of sp³-hybridized carbons (Fsp3) is 0.242. The number of pyridine rings is 1. The van der Waals surface area contributed by atoms with Crippen molar-refractivity contribution < 1.29 is 28.8 Å². The smallest absolute Gasteiger partial charge is 0.339 e. The van der Waals surface area contributed by atoms with Gasteiger partial charge in [-0.1, -0.05) is 42.8 Å². The molecule has 0 spiro atoms. The number of amides is 2. The van der Waals surface area contributed by atoms with Gasteiger partial charge in [0.05, 0.1) is 44.2 Å². The number of anilines is 1. The summed E-state index contributed by atoms with van der Waals surface area (Å²) in [6, 6.07) is 18.3. The highest BCUT2D eigenvalue weighted by molar-refractivity contribution is 6.35. The summed E-state index contributed by atoms with van der Waals surface area (Å²) in [4.78, 5) is 68.5. The third-order valence-corrected chi connectivity index (χ3v) is 8.66. The maximum absolute atomic E-state index is 13.3. The van der Waals surface area contributed by atoms with Crippen molar-refractivity contribution in [3.63, 3.8) is 0 Å². The number of benzene rings is 3. The minimum atomic E-state index is -0.780. The molecule has 222 valence electrons. The molecule has 1 aromatic heterocycles. The number of imide groups is 1. The SMILES string of the molecule is CC1CCC2C(=O)N(c3ccc(-c4cc(C(=O)OCC(=O)c5ccc([N+](=O)[O-])cc5)c5cccc(Cl)c5n4)cc3)C(=O)C2C1. The molecule has 3 atom stereocenters. The molecular formula is C33H26ClN3O7. The quantitative estimate of drug-likeness (QED) is 0.0766. The topological polar surface area (TPSA) is 137 Å². The van der Waals surface area contributed by atoms with Gasteiger partial charge in [-0.05, 0) is 61.6 Å². The van der Waals surface area contributed by atoms with Gasteiger partial charge in [-0.25, -0.2) is 9.78 Å². The molecule has 1 saturated heterocycles. The number of carbonyl (C=O) groups excluding carboxylic acids is 4. The number of hydrogen-bond donors (Lipinski definition) is 0. The highest BCUT2D eigenvalue weighted by Gasteiger charge is 2.49. The van der Waals surface area contributed by atoms with Crippen molar-refractivity contribution in [1.29, 1.82) is 0 Å². The molecule has 3 unspecified atom stereocenters. The number of rotatable bonds is 7. The Labute approximate surface area is 256 Å². The van der Waals surface area contributed by atoms with Gasteiger partial charge in [0.25, 0.3) is 5.69 Å². The molecule has 4 aromatic rings. The van der Waals surface area contributed by atoms with E-state index >= 15 is 0 Å². The highest BCUT2D eigenvalue weighted by Crippen LogP contribution is 2.42. The summed E-state index contributed by atoms with van der Waals surface area (Å²) < 4.78 is 5.35. The van der Waals surface area contributed by atoms with Crippen LogP contribution in [0.2, 0.25) is 5.02 Å². The number of hydrogen-bond acceptors (Lipinski definition) is 8. The first-order chi connectivity index (χ1) is 21.1. The summed E-state index contributed by atoms with van der Waals surface area (Å²) in [7, 11) is 0. The van der Waals surface area contributed by atoms with Crippen molar-refractivity contribution in [2.24, 2.45) is 17.8 Å². The second-order valence-electron chi connectivity index (χ2n) is 11.2. The second-order valence-corrected chi connectivity index (χ2v) is 11.6. The Kier molecular flexibility index (Phi) is 7.69. The van der Waals surface area contributed by atoms with Crippen molar-refractivity contribution in [1.82, 2.24) is 4.98 Å². The van der Waals surface area contributed by atoms with Gasteiger partial charge in [0.1, 0.15) is 0 Å². The van der Waals surface area contributed by atoms with Gasteiger partial charge in [0.2, 0.25) is 11.8 Å². The lowest BCUT2D eigenvalue weighted by Gasteiger charge is -2.25. The molecule has 11 heteroatoms. The van der Waals surface area contributed by atoms with Gasteiger partial charge in [0.15, 0.2) is 12.4 Å². The largest absolute Gasteiger partial charge is 0.454 e. The Morgan fingerprint density at radius 2 is 1.70 bits per heavy atom. The molecule has 10 nitrogen and oxygen atoms in total. The summed E-state index contributed by atoms with van der Waals surface area (Å²) in [6.07, 6.45) is 2.36. The molecule has 0 N–H and O–H groups in total.